The standard InChI is InChI=1S/C16H13N3O3/c1-10-4-5-11(16(21)22)7-13(10)14(20)8-12-9-17-15-3-2-6-18-19(12)15/h2-7,9H,8H2,1H3,(H,21,22). The van der Waals surface area contributed by atoms with E-state index in [1.54, 1.807) is 42.0 Å². The summed E-state index contributed by atoms with van der Waals surface area (Å²) in [5.41, 5.74) is 2.59. The Morgan fingerprint density at radius 2 is 2.09 bits per heavy atom. The van der Waals surface area contributed by atoms with E-state index in [4.69, 9.17) is 5.11 Å². The zero-order chi connectivity index (χ0) is 15.7. The molecule has 110 valence electrons. The Hall–Kier alpha value is -3.02. The molecule has 0 unspecified atom stereocenters. The number of ketones is 1. The molecule has 0 saturated heterocycles. The van der Waals surface area contributed by atoms with Gasteiger partial charge in [-0.1, -0.05) is 6.07 Å². The van der Waals surface area contributed by atoms with E-state index >= 15 is 0 Å². The summed E-state index contributed by atoms with van der Waals surface area (Å²) in [4.78, 5) is 27.7. The minimum Gasteiger partial charge on any atom is -0.478 e. The molecule has 3 rings (SSSR count). The highest BCUT2D eigenvalue weighted by Gasteiger charge is 2.15. The fourth-order valence-electron chi connectivity index (χ4n) is 2.31. The van der Waals surface area contributed by atoms with Gasteiger partial charge >= 0.3 is 5.97 Å². The van der Waals surface area contributed by atoms with Crippen molar-refractivity contribution < 1.29 is 14.7 Å². The van der Waals surface area contributed by atoms with E-state index in [-0.39, 0.29) is 17.8 Å². The molecule has 0 spiro atoms. The Labute approximate surface area is 126 Å². The van der Waals surface area contributed by atoms with Crippen molar-refractivity contribution >= 4 is 17.4 Å². The third-order valence-corrected chi connectivity index (χ3v) is 3.48. The largest absolute Gasteiger partial charge is 0.478 e. The molecule has 0 aliphatic carbocycles. The number of Topliss-reactive ketones (excluding diaryl/α,β-unsaturated/α-hetero) is 1. The van der Waals surface area contributed by atoms with Crippen molar-refractivity contribution in [1.29, 1.82) is 0 Å². The van der Waals surface area contributed by atoms with Crippen molar-refractivity contribution in [2.75, 3.05) is 0 Å². The summed E-state index contributed by atoms with van der Waals surface area (Å²) in [6.45, 7) is 1.78. The molecular weight excluding hydrogens is 282 g/mol. The Kier molecular flexibility index (Phi) is 3.42. The number of aromatic nitrogens is 3. The molecule has 6 nitrogen and oxygen atoms in total. The number of rotatable bonds is 4. The molecule has 0 atom stereocenters. The van der Waals surface area contributed by atoms with Gasteiger partial charge in [-0.15, -0.1) is 0 Å². The molecule has 2 heterocycles. The van der Waals surface area contributed by atoms with Crippen LogP contribution in [0.15, 0.2) is 42.7 Å². The molecule has 0 fully saturated rings. The van der Waals surface area contributed by atoms with E-state index in [2.05, 4.69) is 10.1 Å². The predicted molar refractivity (Wildman–Crippen MR) is 79.2 cm³/mol. The lowest BCUT2D eigenvalue weighted by Gasteiger charge is -2.06. The molecule has 0 saturated carbocycles. The highest BCUT2D eigenvalue weighted by Crippen LogP contribution is 2.15. The van der Waals surface area contributed by atoms with Crippen molar-refractivity contribution in [1.82, 2.24) is 14.6 Å². The predicted octanol–water partition coefficient (Wildman–Crippen LogP) is 2.16. The van der Waals surface area contributed by atoms with Crippen LogP contribution in [0.25, 0.3) is 5.65 Å². The number of benzene rings is 1. The number of carboxylic acid groups (broad SMARTS) is 1. The van der Waals surface area contributed by atoms with Crippen molar-refractivity contribution in [3.05, 3.63) is 65.1 Å². The first-order valence-electron chi connectivity index (χ1n) is 6.71. The topological polar surface area (TPSA) is 84.6 Å². The Bertz CT molecular complexity index is 883. The normalized spacial score (nSPS) is 10.8. The molecule has 6 heteroatoms. The fourth-order valence-corrected chi connectivity index (χ4v) is 2.31. The molecule has 2 aromatic heterocycles. The Balaban J connectivity index is 1.95. The van der Waals surface area contributed by atoms with Gasteiger partial charge in [0, 0.05) is 11.8 Å². The third-order valence-electron chi connectivity index (χ3n) is 3.48. The second kappa shape index (κ2) is 5.40. The number of hydrogen-bond acceptors (Lipinski definition) is 4. The molecule has 1 N–H and O–H groups in total. The number of carbonyl (C=O) groups excluding carboxylic acids is 1. The number of carbonyl (C=O) groups is 2. The second-order valence-corrected chi connectivity index (χ2v) is 4.98. The minimum atomic E-state index is -1.05. The Morgan fingerprint density at radius 3 is 2.86 bits per heavy atom. The lowest BCUT2D eigenvalue weighted by atomic mass is 9.99. The zero-order valence-corrected chi connectivity index (χ0v) is 11.9. The summed E-state index contributed by atoms with van der Waals surface area (Å²) in [6, 6.07) is 8.12. The maximum absolute atomic E-state index is 12.5. The number of fused-ring (bicyclic) bond motifs is 1. The minimum absolute atomic E-state index is 0.102. The number of imidazole rings is 1. The monoisotopic (exact) mass is 295 g/mol. The molecular formula is C16H13N3O3. The summed E-state index contributed by atoms with van der Waals surface area (Å²) in [7, 11) is 0. The van der Waals surface area contributed by atoms with Gasteiger partial charge < -0.3 is 5.11 Å². The van der Waals surface area contributed by atoms with Crippen LogP contribution in [-0.4, -0.2) is 31.5 Å². The van der Waals surface area contributed by atoms with Gasteiger partial charge in [0.1, 0.15) is 0 Å². The molecule has 0 radical (unpaired) electrons. The van der Waals surface area contributed by atoms with Gasteiger partial charge in [0.25, 0.3) is 0 Å². The zero-order valence-electron chi connectivity index (χ0n) is 11.9. The second-order valence-electron chi connectivity index (χ2n) is 4.98. The SMILES string of the molecule is Cc1ccc(C(=O)O)cc1C(=O)Cc1cnc2cccnn12. The van der Waals surface area contributed by atoms with Gasteiger partial charge in [0.2, 0.25) is 0 Å². The van der Waals surface area contributed by atoms with Crippen molar-refractivity contribution in [3.63, 3.8) is 0 Å². The van der Waals surface area contributed by atoms with E-state index < -0.39 is 5.97 Å². The fraction of sp³-hybridized carbons (Fsp3) is 0.125. The lowest BCUT2D eigenvalue weighted by Crippen LogP contribution is -2.10. The molecule has 0 amide bonds. The van der Waals surface area contributed by atoms with E-state index in [1.807, 2.05) is 0 Å². The van der Waals surface area contributed by atoms with Crippen LogP contribution in [-0.2, 0) is 6.42 Å². The van der Waals surface area contributed by atoms with Crippen LogP contribution < -0.4 is 0 Å². The molecule has 3 aromatic rings. The summed E-state index contributed by atoms with van der Waals surface area (Å²) >= 11 is 0. The van der Waals surface area contributed by atoms with Crippen LogP contribution in [0.4, 0.5) is 0 Å². The molecule has 0 aliphatic heterocycles. The highest BCUT2D eigenvalue weighted by atomic mass is 16.4. The van der Waals surface area contributed by atoms with Crippen molar-refractivity contribution in [3.8, 4) is 0 Å². The number of carboxylic acids is 1. The smallest absolute Gasteiger partial charge is 0.335 e. The summed E-state index contributed by atoms with van der Waals surface area (Å²) in [5, 5.41) is 13.2. The first kappa shape index (κ1) is 13.9. The number of aromatic carboxylic acids is 1. The number of nitrogens with zero attached hydrogens (tertiary/aromatic N) is 3. The quantitative estimate of drug-likeness (QED) is 0.746. The first-order chi connectivity index (χ1) is 10.6. The average Bonchev–Trinajstić information content (AvgIpc) is 2.90. The van der Waals surface area contributed by atoms with Gasteiger partial charge in [0.05, 0.1) is 23.9 Å². The van der Waals surface area contributed by atoms with Crippen LogP contribution in [0.2, 0.25) is 0 Å². The summed E-state index contributed by atoms with van der Waals surface area (Å²) in [6.07, 6.45) is 3.34. The van der Waals surface area contributed by atoms with Gasteiger partial charge in [-0.05, 0) is 36.8 Å². The van der Waals surface area contributed by atoms with Crippen LogP contribution in [0.3, 0.4) is 0 Å². The van der Waals surface area contributed by atoms with E-state index in [1.165, 1.54) is 12.1 Å². The first-order valence-corrected chi connectivity index (χ1v) is 6.71. The third kappa shape index (κ3) is 2.46. The van der Waals surface area contributed by atoms with E-state index in [0.29, 0.717) is 16.9 Å². The van der Waals surface area contributed by atoms with Crippen molar-refractivity contribution in [2.24, 2.45) is 0 Å². The Morgan fingerprint density at radius 1 is 1.27 bits per heavy atom. The molecule has 1 aromatic carbocycles. The summed E-state index contributed by atoms with van der Waals surface area (Å²) < 4.78 is 1.61. The maximum Gasteiger partial charge on any atom is 0.335 e. The van der Waals surface area contributed by atoms with Gasteiger partial charge in [-0.25, -0.2) is 14.3 Å². The number of aryl methyl sites for hydroxylation is 1. The average molecular weight is 295 g/mol. The maximum atomic E-state index is 12.5. The van der Waals surface area contributed by atoms with Crippen LogP contribution in [0.1, 0.15) is 32.0 Å². The van der Waals surface area contributed by atoms with E-state index in [0.717, 1.165) is 5.56 Å². The van der Waals surface area contributed by atoms with E-state index in [9.17, 15) is 9.59 Å². The molecule has 0 bridgehead atoms. The van der Waals surface area contributed by atoms with Crippen molar-refractivity contribution in [2.45, 2.75) is 13.3 Å². The number of hydrogen-bond donors (Lipinski definition) is 1. The van der Waals surface area contributed by atoms with Crippen LogP contribution in [0.5, 0.6) is 0 Å². The van der Waals surface area contributed by atoms with Gasteiger partial charge in [-0.3, -0.25) is 4.79 Å². The van der Waals surface area contributed by atoms with Gasteiger partial charge in [-0.2, -0.15) is 5.10 Å². The lowest BCUT2D eigenvalue weighted by molar-refractivity contribution is 0.0697. The van der Waals surface area contributed by atoms with Gasteiger partial charge in [0.15, 0.2) is 11.4 Å². The molecule has 22 heavy (non-hydrogen) atoms. The van der Waals surface area contributed by atoms with Crippen LogP contribution >= 0.6 is 0 Å². The molecule has 0 aliphatic rings. The highest BCUT2D eigenvalue weighted by molar-refractivity contribution is 6.01. The van der Waals surface area contributed by atoms with Crippen LogP contribution in [0, 0.1) is 6.92 Å². The summed E-state index contributed by atoms with van der Waals surface area (Å²) in [5.74, 6) is -1.21.